The van der Waals surface area contributed by atoms with Crippen LogP contribution in [0, 0.1) is 0 Å². The number of benzene rings is 1. The molecule has 2 amide bonds. The van der Waals surface area contributed by atoms with Gasteiger partial charge >= 0.3 is 0 Å². The molecule has 5 rings (SSSR count). The molecule has 1 saturated carbocycles. The predicted octanol–water partition coefficient (Wildman–Crippen LogP) is 5.02. The van der Waals surface area contributed by atoms with Gasteiger partial charge in [-0.25, -0.2) is 9.37 Å². The summed E-state index contributed by atoms with van der Waals surface area (Å²) in [6.07, 6.45) is 7.93. The van der Waals surface area contributed by atoms with Gasteiger partial charge < -0.3 is 10.6 Å². The molecule has 2 aliphatic rings. The van der Waals surface area contributed by atoms with E-state index in [2.05, 4.69) is 25.8 Å². The summed E-state index contributed by atoms with van der Waals surface area (Å²) in [5.41, 5.74) is 3.76. The second-order valence-corrected chi connectivity index (χ2v) is 10.1. The molecule has 3 aromatic rings. The zero-order valence-electron chi connectivity index (χ0n) is 21.5. The fourth-order valence-corrected chi connectivity index (χ4v) is 4.66. The van der Waals surface area contributed by atoms with Crippen molar-refractivity contribution in [3.8, 4) is 11.1 Å². The molecule has 2 unspecified atom stereocenters. The molecule has 1 aliphatic heterocycles. The summed E-state index contributed by atoms with van der Waals surface area (Å²) < 4.78 is 13.5. The van der Waals surface area contributed by atoms with Gasteiger partial charge in [0.25, 0.3) is 0 Å². The Morgan fingerprint density at radius 2 is 2.00 bits per heavy atom. The number of halogens is 1. The molecule has 0 bridgehead atoms. The summed E-state index contributed by atoms with van der Waals surface area (Å²) in [6, 6.07) is 13.3. The average Bonchev–Trinajstić information content (AvgIpc) is 3.67. The Balaban J connectivity index is 1.15. The van der Waals surface area contributed by atoms with Crippen molar-refractivity contribution in [3.05, 3.63) is 72.1 Å². The number of carbonyl (C=O) groups is 2. The van der Waals surface area contributed by atoms with Crippen LogP contribution in [-0.4, -0.2) is 57.7 Å². The number of pyridine rings is 1. The average molecular weight is 517 g/mol. The van der Waals surface area contributed by atoms with Crippen molar-refractivity contribution in [1.29, 1.82) is 0 Å². The quantitative estimate of drug-likeness (QED) is 0.347. The molecule has 1 aliphatic carbocycles. The van der Waals surface area contributed by atoms with Gasteiger partial charge in [-0.2, -0.15) is 5.10 Å². The number of piperidine rings is 1. The maximum Gasteiger partial charge on any atom is 0.249 e. The number of alkyl halides is 1. The van der Waals surface area contributed by atoms with Gasteiger partial charge in [-0.3, -0.25) is 19.6 Å². The monoisotopic (exact) mass is 516 g/mol. The van der Waals surface area contributed by atoms with Crippen LogP contribution in [0.2, 0.25) is 0 Å². The van der Waals surface area contributed by atoms with E-state index in [9.17, 15) is 14.0 Å². The molecule has 38 heavy (non-hydrogen) atoms. The van der Waals surface area contributed by atoms with Gasteiger partial charge in [0.1, 0.15) is 12.0 Å². The Bertz CT molecular complexity index is 1300. The van der Waals surface area contributed by atoms with Crippen LogP contribution >= 0.6 is 0 Å². The number of aromatic amines is 1. The van der Waals surface area contributed by atoms with Gasteiger partial charge in [-0.05, 0) is 62.4 Å². The van der Waals surface area contributed by atoms with Crippen LogP contribution in [0.5, 0.6) is 0 Å². The number of amides is 2. The van der Waals surface area contributed by atoms with E-state index in [1.54, 1.807) is 18.3 Å². The van der Waals surface area contributed by atoms with E-state index in [-0.39, 0.29) is 17.7 Å². The topological polar surface area (TPSA) is 103 Å². The minimum atomic E-state index is -0.781. The third-order valence-electron chi connectivity index (χ3n) is 7.07. The number of hydrogen-bond acceptors (Lipinski definition) is 5. The van der Waals surface area contributed by atoms with E-state index in [1.165, 1.54) is 18.9 Å². The third-order valence-corrected chi connectivity index (χ3v) is 7.07. The largest absolute Gasteiger partial charge is 0.309 e. The Labute approximate surface area is 221 Å². The smallest absolute Gasteiger partial charge is 0.249 e. The second-order valence-electron chi connectivity index (χ2n) is 10.1. The number of likely N-dealkylation sites (tertiary alicyclic amines) is 1. The second kappa shape index (κ2) is 11.7. The molecule has 9 heteroatoms. The van der Waals surface area contributed by atoms with E-state index in [0.717, 1.165) is 35.3 Å². The zero-order valence-corrected chi connectivity index (χ0v) is 21.5. The first-order valence-electron chi connectivity index (χ1n) is 13.2. The molecule has 2 atom stereocenters. The van der Waals surface area contributed by atoms with Crippen molar-refractivity contribution in [2.24, 2.45) is 0 Å². The third kappa shape index (κ3) is 6.72. The lowest BCUT2D eigenvalue weighted by atomic mass is 9.96. The molecule has 2 aromatic heterocycles. The Hall–Kier alpha value is -3.85. The summed E-state index contributed by atoms with van der Waals surface area (Å²) in [7, 11) is 0. The van der Waals surface area contributed by atoms with Crippen molar-refractivity contribution in [3.63, 3.8) is 0 Å². The summed E-state index contributed by atoms with van der Waals surface area (Å²) in [5, 5.41) is 12.9. The lowest BCUT2D eigenvalue weighted by Gasteiger charge is -2.27. The molecule has 2 fully saturated rings. The Morgan fingerprint density at radius 1 is 1.13 bits per heavy atom. The maximum atomic E-state index is 13.5. The van der Waals surface area contributed by atoms with Crippen molar-refractivity contribution in [2.45, 2.75) is 50.6 Å². The van der Waals surface area contributed by atoms with E-state index in [0.29, 0.717) is 37.1 Å². The van der Waals surface area contributed by atoms with Gasteiger partial charge in [0.15, 0.2) is 5.82 Å². The Kier molecular flexibility index (Phi) is 7.93. The number of aromatic nitrogens is 3. The normalized spacial score (nSPS) is 18.8. The van der Waals surface area contributed by atoms with Crippen LogP contribution in [0.1, 0.15) is 55.7 Å². The van der Waals surface area contributed by atoms with Crippen molar-refractivity contribution in [1.82, 2.24) is 20.1 Å². The number of H-pyrrole nitrogens is 1. The molecule has 198 valence electrons. The van der Waals surface area contributed by atoms with E-state index >= 15 is 0 Å². The van der Waals surface area contributed by atoms with Gasteiger partial charge in [-0.1, -0.05) is 30.3 Å². The van der Waals surface area contributed by atoms with Crippen LogP contribution in [-0.2, 0) is 9.59 Å². The van der Waals surface area contributed by atoms with E-state index in [1.807, 2.05) is 48.2 Å². The minimum absolute atomic E-state index is 0.120. The fraction of sp³-hybridized carbons (Fsp3) is 0.379. The van der Waals surface area contributed by atoms with Crippen LogP contribution in [0.15, 0.2) is 60.8 Å². The summed E-state index contributed by atoms with van der Waals surface area (Å²) >= 11 is 0. The van der Waals surface area contributed by atoms with E-state index in [4.69, 9.17) is 0 Å². The molecule has 1 saturated heterocycles. The SMILES string of the molecule is CC(C(=O)Nc1cc(C2CC2)[nH]n1)c1cccc(-c2ccc(NC(=O)/C=C/CN3CCCC(F)C3)nc2)c1. The molecular weight excluding hydrogens is 483 g/mol. The van der Waals surface area contributed by atoms with Crippen LogP contribution < -0.4 is 10.6 Å². The summed E-state index contributed by atoms with van der Waals surface area (Å²) in [6.45, 7) is 3.70. The predicted molar refractivity (Wildman–Crippen MR) is 146 cm³/mol. The Morgan fingerprint density at radius 3 is 2.76 bits per heavy atom. The molecule has 3 heterocycles. The van der Waals surface area contributed by atoms with Crippen molar-refractivity contribution < 1.29 is 14.0 Å². The zero-order chi connectivity index (χ0) is 26.5. The van der Waals surface area contributed by atoms with E-state index < -0.39 is 6.17 Å². The first kappa shape index (κ1) is 25.8. The molecule has 3 N–H and O–H groups in total. The highest BCUT2D eigenvalue weighted by molar-refractivity contribution is 5.98. The first-order chi connectivity index (χ1) is 18.4. The standard InChI is InChI=1S/C29H33FN6O2/c1-19(29(38)33-27-16-25(34-35-27)20-9-10-20)21-5-2-6-22(15-21)23-11-12-26(31-17-23)32-28(37)8-4-14-36-13-3-7-24(30)18-36/h2,4-6,8,11-12,15-17,19-20,24H,3,7,9-10,13-14,18H2,1H3,(H,31,32,37)(H2,33,34,35,38)/b8-4+. The van der Waals surface area contributed by atoms with Gasteiger partial charge in [0.2, 0.25) is 11.8 Å². The van der Waals surface area contributed by atoms with Gasteiger partial charge in [0.05, 0.1) is 5.92 Å². The lowest BCUT2D eigenvalue weighted by molar-refractivity contribution is -0.117. The number of nitrogens with one attached hydrogen (secondary N) is 3. The molecule has 1 aromatic carbocycles. The van der Waals surface area contributed by atoms with Crippen LogP contribution in [0.4, 0.5) is 16.0 Å². The van der Waals surface area contributed by atoms with Crippen molar-refractivity contribution >= 4 is 23.5 Å². The van der Waals surface area contributed by atoms with Gasteiger partial charge in [0, 0.05) is 48.6 Å². The highest BCUT2D eigenvalue weighted by Crippen LogP contribution is 2.39. The maximum absolute atomic E-state index is 13.5. The van der Waals surface area contributed by atoms with Crippen molar-refractivity contribution in [2.75, 3.05) is 30.3 Å². The number of carbonyl (C=O) groups excluding carboxylic acids is 2. The highest BCUT2D eigenvalue weighted by atomic mass is 19.1. The molecular formula is C29H33FN6O2. The molecule has 8 nitrogen and oxygen atoms in total. The lowest BCUT2D eigenvalue weighted by Crippen LogP contribution is -2.36. The number of rotatable bonds is 9. The first-order valence-corrected chi connectivity index (χ1v) is 13.2. The number of hydrogen-bond donors (Lipinski definition) is 3. The highest BCUT2D eigenvalue weighted by Gasteiger charge is 2.26. The van der Waals surface area contributed by atoms with Gasteiger partial charge in [-0.15, -0.1) is 0 Å². The molecule has 0 radical (unpaired) electrons. The summed E-state index contributed by atoms with van der Waals surface area (Å²) in [5.74, 6) is 0.778. The summed E-state index contributed by atoms with van der Waals surface area (Å²) in [4.78, 5) is 31.5. The van der Waals surface area contributed by atoms with Crippen LogP contribution in [0.25, 0.3) is 11.1 Å². The number of nitrogens with zero attached hydrogens (tertiary/aromatic N) is 3. The fourth-order valence-electron chi connectivity index (χ4n) is 4.66. The number of anilines is 2. The molecule has 0 spiro atoms. The minimum Gasteiger partial charge on any atom is -0.309 e. The van der Waals surface area contributed by atoms with Crippen LogP contribution in [0.3, 0.4) is 0 Å².